The molecule has 1 saturated heterocycles. The summed E-state index contributed by atoms with van der Waals surface area (Å²) in [6.07, 6.45) is 4.82. The molecule has 1 aliphatic rings. The van der Waals surface area contributed by atoms with Gasteiger partial charge in [-0.3, -0.25) is 14.5 Å². The predicted octanol–water partition coefficient (Wildman–Crippen LogP) is 3.32. The number of hydrogen-bond acceptors (Lipinski definition) is 6. The van der Waals surface area contributed by atoms with E-state index in [1.165, 1.54) is 6.42 Å². The molecule has 3 N–H and O–H groups in total. The quantitative estimate of drug-likeness (QED) is 0.299. The molecule has 3 atom stereocenters. The van der Waals surface area contributed by atoms with Crippen molar-refractivity contribution in [2.45, 2.75) is 84.3 Å². The number of carbonyl (C=O) groups excluding carboxylic acids is 3. The smallest absolute Gasteiger partial charge is 0.379 e. The van der Waals surface area contributed by atoms with Crippen molar-refractivity contribution in [1.29, 1.82) is 0 Å². The molecule has 184 valence electrons. The topological polar surface area (TPSA) is 102 Å². The average molecular weight is 460 g/mol. The van der Waals surface area contributed by atoms with Gasteiger partial charge in [0.1, 0.15) is 6.61 Å². The number of amides is 1. The van der Waals surface area contributed by atoms with E-state index in [9.17, 15) is 14.4 Å². The minimum absolute atomic E-state index is 0.0507. The highest BCUT2D eigenvalue weighted by molar-refractivity contribution is 6.40. The van der Waals surface area contributed by atoms with E-state index >= 15 is 0 Å². The Morgan fingerprint density at radius 3 is 2.30 bits per heavy atom. The second kappa shape index (κ2) is 11.7. The van der Waals surface area contributed by atoms with E-state index in [1.807, 2.05) is 6.92 Å². The average Bonchev–Trinajstić information content (AvgIpc) is 2.74. The number of hydrogen-bond donors (Lipinski definition) is 2. The van der Waals surface area contributed by atoms with E-state index in [0.717, 1.165) is 19.3 Å². The maximum absolute atomic E-state index is 12.5. The first-order chi connectivity index (χ1) is 15.4. The molecule has 3 unspecified atom stereocenters. The number of likely N-dealkylation sites (tertiary alicyclic amines) is 1. The summed E-state index contributed by atoms with van der Waals surface area (Å²) in [5.74, 6) is -1.52. The fourth-order valence-electron chi connectivity index (χ4n) is 4.78. The monoisotopic (exact) mass is 459 g/mol. The molecule has 0 spiro atoms. The van der Waals surface area contributed by atoms with Crippen LogP contribution in [0.4, 0.5) is 0 Å². The lowest BCUT2D eigenvalue weighted by Gasteiger charge is -2.38. The zero-order chi connectivity index (χ0) is 24.6. The minimum atomic E-state index is -0.899. The van der Waals surface area contributed by atoms with Gasteiger partial charge in [-0.05, 0) is 51.9 Å². The molecule has 1 aromatic carbocycles. The first-order valence-electron chi connectivity index (χ1n) is 12.0. The van der Waals surface area contributed by atoms with Gasteiger partial charge in [-0.15, -0.1) is 0 Å². The van der Waals surface area contributed by atoms with Crippen LogP contribution >= 0.6 is 0 Å². The first-order valence-corrected chi connectivity index (χ1v) is 12.0. The van der Waals surface area contributed by atoms with E-state index in [0.29, 0.717) is 37.2 Å². The maximum atomic E-state index is 12.5. The molecule has 7 heteroatoms. The van der Waals surface area contributed by atoms with Gasteiger partial charge >= 0.3 is 5.97 Å². The van der Waals surface area contributed by atoms with Gasteiger partial charge in [0, 0.05) is 29.7 Å². The van der Waals surface area contributed by atoms with Gasteiger partial charge in [0.05, 0.1) is 6.54 Å². The van der Waals surface area contributed by atoms with E-state index in [4.69, 9.17) is 10.5 Å². The van der Waals surface area contributed by atoms with Gasteiger partial charge in [0.2, 0.25) is 5.91 Å². The van der Waals surface area contributed by atoms with Crippen LogP contribution in [0.25, 0.3) is 0 Å². The van der Waals surface area contributed by atoms with Crippen LogP contribution in [0.3, 0.4) is 0 Å². The maximum Gasteiger partial charge on any atom is 0.379 e. The molecule has 0 bridgehead atoms. The highest BCUT2D eigenvalue weighted by Gasteiger charge is 2.32. The van der Waals surface area contributed by atoms with Crippen LogP contribution < -0.4 is 11.1 Å². The number of nitrogens with two attached hydrogens (primary N) is 1. The van der Waals surface area contributed by atoms with Crippen molar-refractivity contribution in [3.63, 3.8) is 0 Å². The van der Waals surface area contributed by atoms with E-state index < -0.39 is 17.3 Å². The normalized spacial score (nSPS) is 21.2. The number of rotatable bonds is 11. The molecule has 1 amide bonds. The lowest BCUT2D eigenvalue weighted by atomic mass is 9.77. The van der Waals surface area contributed by atoms with Crippen molar-refractivity contribution in [2.75, 3.05) is 19.7 Å². The third-order valence-electron chi connectivity index (χ3n) is 6.46. The van der Waals surface area contributed by atoms with Crippen LogP contribution in [0.15, 0.2) is 30.3 Å². The van der Waals surface area contributed by atoms with Crippen LogP contribution in [-0.4, -0.2) is 59.9 Å². The third-order valence-corrected chi connectivity index (χ3v) is 6.46. The summed E-state index contributed by atoms with van der Waals surface area (Å²) in [5, 5.41) is 3.04. The summed E-state index contributed by atoms with van der Waals surface area (Å²) in [4.78, 5) is 39.1. The number of ether oxygens (including phenoxy) is 1. The Morgan fingerprint density at radius 2 is 1.70 bits per heavy atom. The van der Waals surface area contributed by atoms with Crippen molar-refractivity contribution in [1.82, 2.24) is 10.2 Å². The van der Waals surface area contributed by atoms with Crippen LogP contribution in [0.1, 0.15) is 77.1 Å². The first kappa shape index (κ1) is 27.0. The number of ketones is 1. The Kier molecular flexibility index (Phi) is 9.61. The van der Waals surface area contributed by atoms with E-state index in [2.05, 4.69) is 37.9 Å². The second-order valence-electron chi connectivity index (χ2n) is 10.7. The molecular weight excluding hydrogens is 418 g/mol. The van der Waals surface area contributed by atoms with Crippen molar-refractivity contribution in [3.05, 3.63) is 35.9 Å². The summed E-state index contributed by atoms with van der Waals surface area (Å²) >= 11 is 0. The zero-order valence-corrected chi connectivity index (χ0v) is 20.9. The van der Waals surface area contributed by atoms with Gasteiger partial charge in [-0.2, -0.15) is 0 Å². The number of nitrogens with one attached hydrogen (secondary N) is 1. The van der Waals surface area contributed by atoms with Crippen LogP contribution in [-0.2, 0) is 14.3 Å². The van der Waals surface area contributed by atoms with E-state index in [1.54, 1.807) is 30.3 Å². The van der Waals surface area contributed by atoms with Crippen molar-refractivity contribution < 1.29 is 19.1 Å². The number of benzene rings is 1. The molecule has 0 saturated carbocycles. The summed E-state index contributed by atoms with van der Waals surface area (Å²) in [5.41, 5.74) is 5.72. The molecule has 1 aliphatic heterocycles. The number of piperidine rings is 1. The summed E-state index contributed by atoms with van der Waals surface area (Å²) in [6, 6.07) is 9.20. The van der Waals surface area contributed by atoms with Crippen molar-refractivity contribution in [2.24, 2.45) is 11.1 Å². The second-order valence-corrected chi connectivity index (χ2v) is 10.7. The van der Waals surface area contributed by atoms with Crippen LogP contribution in [0, 0.1) is 5.41 Å². The fourth-order valence-corrected chi connectivity index (χ4v) is 4.78. The number of nitrogens with zero attached hydrogens (tertiary/aromatic N) is 1. The van der Waals surface area contributed by atoms with Gasteiger partial charge in [0.25, 0.3) is 5.78 Å². The SMILES string of the molecule is CC1CCCC(C)N1CC(=O)NCCC(C)(C)CC(C)(N)COC(=O)C(=O)c1ccccc1. The molecule has 0 aliphatic carbocycles. The number of esters is 1. The molecule has 0 aromatic heterocycles. The molecule has 2 rings (SSSR count). The van der Waals surface area contributed by atoms with Gasteiger partial charge in [-0.25, -0.2) is 4.79 Å². The van der Waals surface area contributed by atoms with Crippen molar-refractivity contribution in [3.8, 4) is 0 Å². The number of carbonyl (C=O) groups is 3. The molecular formula is C26H41N3O4. The Balaban J connectivity index is 1.75. The predicted molar refractivity (Wildman–Crippen MR) is 130 cm³/mol. The summed E-state index contributed by atoms with van der Waals surface area (Å²) < 4.78 is 5.23. The van der Waals surface area contributed by atoms with Gasteiger partial charge in [0.15, 0.2) is 0 Å². The largest absolute Gasteiger partial charge is 0.458 e. The fraction of sp³-hybridized carbons (Fsp3) is 0.654. The van der Waals surface area contributed by atoms with Gasteiger partial charge < -0.3 is 15.8 Å². The Morgan fingerprint density at radius 1 is 1.09 bits per heavy atom. The zero-order valence-electron chi connectivity index (χ0n) is 20.9. The molecule has 1 heterocycles. The molecule has 7 nitrogen and oxygen atoms in total. The number of Topliss-reactive ketones (excluding diaryl/α,β-unsaturated/α-hetero) is 1. The summed E-state index contributed by atoms with van der Waals surface area (Å²) in [7, 11) is 0. The van der Waals surface area contributed by atoms with E-state index in [-0.39, 0.29) is 17.9 Å². The summed E-state index contributed by atoms with van der Waals surface area (Å²) in [6.45, 7) is 11.3. The van der Waals surface area contributed by atoms with Crippen LogP contribution in [0.2, 0.25) is 0 Å². The Hall–Kier alpha value is -2.25. The van der Waals surface area contributed by atoms with Crippen LogP contribution in [0.5, 0.6) is 0 Å². The Labute approximate surface area is 198 Å². The highest BCUT2D eigenvalue weighted by Crippen LogP contribution is 2.30. The Bertz CT molecular complexity index is 797. The third kappa shape index (κ3) is 8.89. The standard InChI is InChI=1S/C26H41N3O4/c1-19-10-9-11-20(2)29(19)16-22(30)28-15-14-25(3,4)17-26(5,27)18-33-24(32)23(31)21-12-7-6-8-13-21/h6-8,12-13,19-20H,9-11,14-18,27H2,1-5H3,(H,28,30). The molecule has 1 fully saturated rings. The lowest BCUT2D eigenvalue weighted by molar-refractivity contribution is -0.140. The van der Waals surface area contributed by atoms with Gasteiger partial charge in [-0.1, -0.05) is 50.6 Å². The minimum Gasteiger partial charge on any atom is -0.458 e. The highest BCUT2D eigenvalue weighted by atomic mass is 16.5. The molecule has 33 heavy (non-hydrogen) atoms. The lowest BCUT2D eigenvalue weighted by Crippen LogP contribution is -2.49. The molecule has 1 aromatic rings. The van der Waals surface area contributed by atoms with Crippen molar-refractivity contribution >= 4 is 17.7 Å². The molecule has 0 radical (unpaired) electrons.